The molecule has 0 saturated carbocycles. The molecule has 0 aliphatic carbocycles. The van der Waals surface area contributed by atoms with E-state index >= 15 is 0 Å². The number of H-pyrrole nitrogens is 1. The zero-order valence-corrected chi connectivity index (χ0v) is 18.1. The summed E-state index contributed by atoms with van der Waals surface area (Å²) < 4.78 is 39.8. The molecule has 0 amide bonds. The predicted molar refractivity (Wildman–Crippen MR) is 114 cm³/mol. The lowest BCUT2D eigenvalue weighted by Gasteiger charge is -2.11. The van der Waals surface area contributed by atoms with Gasteiger partial charge in [-0.15, -0.1) is 11.3 Å². The van der Waals surface area contributed by atoms with Crippen molar-refractivity contribution in [3.05, 3.63) is 50.4 Å². The zero-order chi connectivity index (χ0) is 22.7. The maximum absolute atomic E-state index is 12.6. The van der Waals surface area contributed by atoms with Crippen molar-refractivity contribution in [3.63, 3.8) is 0 Å². The summed E-state index contributed by atoms with van der Waals surface area (Å²) in [5, 5.41) is 0.477. The Morgan fingerprint density at radius 3 is 2.68 bits per heavy atom. The first-order valence-corrected chi connectivity index (χ1v) is 10.1. The number of nitrogens with one attached hydrogen (secondary N) is 1. The predicted octanol–water partition coefficient (Wildman–Crippen LogP) is 4.32. The van der Waals surface area contributed by atoms with Gasteiger partial charge in [-0.1, -0.05) is 6.07 Å². The fourth-order valence-electron chi connectivity index (χ4n) is 2.95. The maximum atomic E-state index is 12.6. The lowest BCUT2D eigenvalue weighted by molar-refractivity contribution is -0.136. The van der Waals surface area contributed by atoms with Crippen molar-refractivity contribution in [2.45, 2.75) is 27.4 Å². The number of aromatic nitrogens is 2. The standard InChI is InChI=1S/C21H20F2N2O5S/c1-5-29-20(27)13(8-12-6-7-14(30-21(22)23)15(9-12)28-4)17-24-18(26)16-10(2)11(3)31-19(16)25-17/h6-9,21H,5H2,1-4H3,(H,24,25,26)/b13-8+. The van der Waals surface area contributed by atoms with Crippen molar-refractivity contribution in [2.24, 2.45) is 0 Å². The highest BCUT2D eigenvalue weighted by Gasteiger charge is 2.20. The fraction of sp³-hybridized carbons (Fsp3) is 0.286. The van der Waals surface area contributed by atoms with Gasteiger partial charge in [0.2, 0.25) is 0 Å². The molecule has 3 aromatic rings. The quantitative estimate of drug-likeness (QED) is 0.426. The van der Waals surface area contributed by atoms with Crippen molar-refractivity contribution >= 4 is 39.2 Å². The first-order chi connectivity index (χ1) is 14.7. The maximum Gasteiger partial charge on any atom is 0.387 e. The number of thiophene rings is 1. The molecule has 0 unspecified atom stereocenters. The van der Waals surface area contributed by atoms with Gasteiger partial charge in [-0.2, -0.15) is 8.78 Å². The minimum atomic E-state index is -3.01. The molecule has 31 heavy (non-hydrogen) atoms. The van der Waals surface area contributed by atoms with E-state index in [2.05, 4.69) is 14.7 Å². The number of aromatic amines is 1. The van der Waals surface area contributed by atoms with Crippen LogP contribution in [0.3, 0.4) is 0 Å². The summed E-state index contributed by atoms with van der Waals surface area (Å²) in [6, 6.07) is 4.19. The summed E-state index contributed by atoms with van der Waals surface area (Å²) in [5.74, 6) is -0.741. The number of carbonyl (C=O) groups is 1. The van der Waals surface area contributed by atoms with Crippen molar-refractivity contribution in [2.75, 3.05) is 13.7 Å². The van der Waals surface area contributed by atoms with Crippen LogP contribution in [-0.2, 0) is 9.53 Å². The Labute approximate surface area is 180 Å². The SMILES string of the molecule is CCOC(=O)/C(=C/c1ccc(OC(F)F)c(OC)c1)c1nc2sc(C)c(C)c2c(=O)[nH]1. The van der Waals surface area contributed by atoms with E-state index in [-0.39, 0.29) is 35.1 Å². The van der Waals surface area contributed by atoms with Gasteiger partial charge in [0, 0.05) is 4.88 Å². The largest absolute Gasteiger partial charge is 0.493 e. The number of fused-ring (bicyclic) bond motifs is 1. The van der Waals surface area contributed by atoms with Crippen molar-refractivity contribution in [1.29, 1.82) is 0 Å². The molecule has 0 fully saturated rings. The average molecular weight is 450 g/mol. The lowest BCUT2D eigenvalue weighted by atomic mass is 10.1. The molecule has 2 heterocycles. The van der Waals surface area contributed by atoms with Gasteiger partial charge in [-0.3, -0.25) is 4.79 Å². The summed E-state index contributed by atoms with van der Waals surface area (Å²) in [5.41, 5.74) is 0.911. The number of esters is 1. The summed E-state index contributed by atoms with van der Waals surface area (Å²) >= 11 is 1.35. The second kappa shape index (κ2) is 9.25. The van der Waals surface area contributed by atoms with Crippen molar-refractivity contribution < 1.29 is 27.8 Å². The van der Waals surface area contributed by atoms with Crippen LogP contribution in [0.5, 0.6) is 11.5 Å². The topological polar surface area (TPSA) is 90.5 Å². The number of carbonyl (C=O) groups excluding carboxylic acids is 1. The van der Waals surface area contributed by atoms with Crippen molar-refractivity contribution in [3.8, 4) is 11.5 Å². The van der Waals surface area contributed by atoms with Crippen LogP contribution in [0.25, 0.3) is 21.9 Å². The number of rotatable bonds is 7. The van der Waals surface area contributed by atoms with E-state index in [1.165, 1.54) is 42.7 Å². The van der Waals surface area contributed by atoms with E-state index in [4.69, 9.17) is 9.47 Å². The number of ether oxygens (including phenoxy) is 3. The minimum absolute atomic E-state index is 0.00846. The molecule has 10 heteroatoms. The van der Waals surface area contributed by atoms with Crippen LogP contribution < -0.4 is 15.0 Å². The van der Waals surface area contributed by atoms with Gasteiger partial charge in [0.05, 0.1) is 19.1 Å². The van der Waals surface area contributed by atoms with Crippen LogP contribution in [0.4, 0.5) is 8.78 Å². The Morgan fingerprint density at radius 1 is 1.29 bits per heavy atom. The summed E-state index contributed by atoms with van der Waals surface area (Å²) in [6.07, 6.45) is 1.43. The molecule has 1 aromatic carbocycles. The number of nitrogens with zero attached hydrogens (tertiary/aromatic N) is 1. The molecule has 0 saturated heterocycles. The van der Waals surface area contributed by atoms with Gasteiger partial charge in [0.25, 0.3) is 5.56 Å². The number of aryl methyl sites for hydroxylation is 2. The Hall–Kier alpha value is -3.27. The molecule has 0 aliphatic heterocycles. The van der Waals surface area contributed by atoms with Gasteiger partial charge < -0.3 is 19.2 Å². The van der Waals surface area contributed by atoms with Crippen LogP contribution in [0.2, 0.25) is 0 Å². The van der Waals surface area contributed by atoms with Crippen LogP contribution >= 0.6 is 11.3 Å². The van der Waals surface area contributed by atoms with E-state index < -0.39 is 12.6 Å². The molecule has 3 rings (SSSR count). The third-order valence-electron chi connectivity index (χ3n) is 4.50. The normalized spacial score (nSPS) is 11.8. The Bertz CT molecular complexity index is 1220. The Balaban J connectivity index is 2.14. The highest BCUT2D eigenvalue weighted by molar-refractivity contribution is 7.18. The van der Waals surface area contributed by atoms with Crippen LogP contribution in [-0.4, -0.2) is 36.3 Å². The highest BCUT2D eigenvalue weighted by atomic mass is 32.1. The second-order valence-corrected chi connectivity index (χ2v) is 7.65. The first kappa shape index (κ1) is 22.4. The Kier molecular flexibility index (Phi) is 6.69. The van der Waals surface area contributed by atoms with Crippen molar-refractivity contribution in [1.82, 2.24) is 9.97 Å². The number of methoxy groups -OCH3 is 1. The van der Waals surface area contributed by atoms with Gasteiger partial charge in [0.15, 0.2) is 11.5 Å². The van der Waals surface area contributed by atoms with E-state index in [9.17, 15) is 18.4 Å². The second-order valence-electron chi connectivity index (χ2n) is 6.45. The molecular weight excluding hydrogens is 430 g/mol. The number of benzene rings is 1. The molecule has 2 aromatic heterocycles. The molecule has 1 N–H and O–H groups in total. The molecule has 0 aliphatic rings. The van der Waals surface area contributed by atoms with Gasteiger partial charge >= 0.3 is 12.6 Å². The third kappa shape index (κ3) is 4.74. The number of hydrogen-bond acceptors (Lipinski definition) is 7. The third-order valence-corrected chi connectivity index (χ3v) is 5.61. The van der Waals surface area contributed by atoms with Gasteiger partial charge in [0.1, 0.15) is 16.2 Å². The number of hydrogen-bond donors (Lipinski definition) is 1. The first-order valence-electron chi connectivity index (χ1n) is 9.27. The molecular formula is C21H20F2N2O5S. The summed E-state index contributed by atoms with van der Waals surface area (Å²) in [7, 11) is 1.31. The number of halogens is 2. The van der Waals surface area contributed by atoms with Gasteiger partial charge in [-0.25, -0.2) is 9.78 Å². The van der Waals surface area contributed by atoms with E-state index in [0.29, 0.717) is 15.8 Å². The smallest absolute Gasteiger partial charge is 0.387 e. The summed E-state index contributed by atoms with van der Waals surface area (Å²) in [4.78, 5) is 33.8. The highest BCUT2D eigenvalue weighted by Crippen LogP contribution is 2.31. The molecule has 0 bridgehead atoms. The van der Waals surface area contributed by atoms with Crippen LogP contribution in [0.15, 0.2) is 23.0 Å². The number of alkyl halides is 2. The summed E-state index contributed by atoms with van der Waals surface area (Å²) in [6.45, 7) is 2.48. The molecule has 0 radical (unpaired) electrons. The zero-order valence-electron chi connectivity index (χ0n) is 17.2. The molecule has 7 nitrogen and oxygen atoms in total. The molecule has 0 spiro atoms. The van der Waals surface area contributed by atoms with Gasteiger partial charge in [-0.05, 0) is 50.1 Å². The molecule has 164 valence electrons. The monoisotopic (exact) mass is 450 g/mol. The van der Waals surface area contributed by atoms with Crippen LogP contribution in [0, 0.1) is 13.8 Å². The Morgan fingerprint density at radius 2 is 2.03 bits per heavy atom. The minimum Gasteiger partial charge on any atom is -0.493 e. The van der Waals surface area contributed by atoms with Crippen LogP contribution in [0.1, 0.15) is 28.8 Å². The van der Waals surface area contributed by atoms with E-state index in [1.807, 2.05) is 13.8 Å². The lowest BCUT2D eigenvalue weighted by Crippen LogP contribution is -2.15. The average Bonchev–Trinajstić information content (AvgIpc) is 3.00. The van der Waals surface area contributed by atoms with E-state index in [0.717, 1.165) is 10.4 Å². The molecule has 0 atom stereocenters. The fourth-order valence-corrected chi connectivity index (χ4v) is 3.98. The van der Waals surface area contributed by atoms with E-state index in [1.54, 1.807) is 6.92 Å².